The molecule has 1 heterocycles. The van der Waals surface area contributed by atoms with Crippen LogP contribution >= 0.6 is 0 Å². The number of ether oxygens (including phenoxy) is 1. The Hall–Kier alpha value is -1.80. The fourth-order valence-corrected chi connectivity index (χ4v) is 5.65. The SMILES string of the molecule is Cc1n(CCCOC(=O)[C@](O)(c2ccccc2)[C@@H]2CCC(F)(F)C2)cc[n+]1CC1CCCCC1.[Br-]. The van der Waals surface area contributed by atoms with E-state index in [9.17, 15) is 18.7 Å². The highest BCUT2D eigenvalue weighted by atomic mass is 79.9. The highest BCUT2D eigenvalue weighted by Crippen LogP contribution is 2.47. The normalized spacial score (nSPS) is 21.8. The van der Waals surface area contributed by atoms with Crippen LogP contribution in [0.3, 0.4) is 0 Å². The van der Waals surface area contributed by atoms with Crippen molar-refractivity contribution < 1.29 is 45.0 Å². The Morgan fingerprint density at radius 2 is 1.91 bits per heavy atom. The van der Waals surface area contributed by atoms with Crippen LogP contribution in [0.25, 0.3) is 0 Å². The molecule has 0 spiro atoms. The van der Waals surface area contributed by atoms with Crippen LogP contribution in [-0.4, -0.2) is 28.2 Å². The number of esters is 1. The molecule has 8 heteroatoms. The number of aryl methyl sites for hydroxylation is 1. The molecule has 35 heavy (non-hydrogen) atoms. The molecule has 2 aliphatic rings. The molecule has 0 bridgehead atoms. The predicted octanol–water partition coefficient (Wildman–Crippen LogP) is 1.92. The number of alkyl halides is 2. The molecule has 0 radical (unpaired) electrons. The summed E-state index contributed by atoms with van der Waals surface area (Å²) in [4.78, 5) is 13.0. The second-order valence-electron chi connectivity index (χ2n) is 10.1. The number of imidazole rings is 1. The van der Waals surface area contributed by atoms with Crippen molar-refractivity contribution in [3.05, 3.63) is 54.1 Å². The van der Waals surface area contributed by atoms with E-state index in [0.717, 1.165) is 12.5 Å². The highest BCUT2D eigenvalue weighted by Gasteiger charge is 2.54. The maximum absolute atomic E-state index is 13.9. The first-order valence-electron chi connectivity index (χ1n) is 12.7. The lowest BCUT2D eigenvalue weighted by Crippen LogP contribution is -3.00. The van der Waals surface area contributed by atoms with Gasteiger partial charge in [0.1, 0.15) is 12.4 Å². The molecule has 0 unspecified atom stereocenters. The van der Waals surface area contributed by atoms with Gasteiger partial charge in [-0.3, -0.25) is 0 Å². The van der Waals surface area contributed by atoms with E-state index < -0.39 is 29.8 Å². The smallest absolute Gasteiger partial charge is 0.343 e. The van der Waals surface area contributed by atoms with E-state index in [-0.39, 0.29) is 36.4 Å². The Kier molecular flexibility index (Phi) is 9.49. The number of halogens is 3. The average Bonchev–Trinajstić information content (AvgIpc) is 3.39. The van der Waals surface area contributed by atoms with Gasteiger partial charge in [0.05, 0.1) is 19.7 Å². The van der Waals surface area contributed by atoms with Crippen molar-refractivity contribution in [2.45, 2.75) is 89.3 Å². The lowest BCUT2D eigenvalue weighted by Gasteiger charge is -2.32. The summed E-state index contributed by atoms with van der Waals surface area (Å²) < 4.78 is 37.8. The average molecular weight is 556 g/mol. The van der Waals surface area contributed by atoms with Crippen LogP contribution < -0.4 is 21.5 Å². The first kappa shape index (κ1) is 27.8. The predicted molar refractivity (Wildman–Crippen MR) is 124 cm³/mol. The van der Waals surface area contributed by atoms with E-state index in [1.807, 2.05) is 0 Å². The molecule has 2 atom stereocenters. The Morgan fingerprint density at radius 1 is 1.20 bits per heavy atom. The summed E-state index contributed by atoms with van der Waals surface area (Å²) in [5.41, 5.74) is -1.75. The molecule has 1 aromatic carbocycles. The van der Waals surface area contributed by atoms with Gasteiger partial charge in [-0.05, 0) is 30.7 Å². The number of aromatic nitrogens is 2. The summed E-state index contributed by atoms with van der Waals surface area (Å²) in [5, 5.41) is 11.4. The van der Waals surface area contributed by atoms with E-state index in [1.54, 1.807) is 30.3 Å². The van der Waals surface area contributed by atoms with Crippen LogP contribution in [0.5, 0.6) is 0 Å². The van der Waals surface area contributed by atoms with Crippen molar-refractivity contribution >= 4 is 5.97 Å². The standard InChI is InChI=1S/C27H37F2N2O3.BrH/c1-21-30(16-17-31(21)20-22-9-4-2-5-10-22)15-8-18-34-25(32)27(33,23-11-6-3-7-12-23)24-13-14-26(28,29)19-24;/h3,6-7,11-12,16-17,22,24,33H,2,4-5,8-10,13-15,18-20H2,1H3;1H/q+1;/p-1/t24-,27+;/m1./s1. The maximum atomic E-state index is 13.9. The van der Waals surface area contributed by atoms with Crippen molar-refractivity contribution in [3.63, 3.8) is 0 Å². The molecule has 2 fully saturated rings. The topological polar surface area (TPSA) is 55.3 Å². The van der Waals surface area contributed by atoms with E-state index in [0.29, 0.717) is 18.5 Å². The van der Waals surface area contributed by atoms with Gasteiger partial charge in [0.2, 0.25) is 5.92 Å². The van der Waals surface area contributed by atoms with Crippen LogP contribution in [-0.2, 0) is 28.2 Å². The van der Waals surface area contributed by atoms with Gasteiger partial charge < -0.3 is 26.8 Å². The summed E-state index contributed by atoms with van der Waals surface area (Å²) in [5.74, 6) is -2.66. The molecule has 0 amide bonds. The van der Waals surface area contributed by atoms with Crippen molar-refractivity contribution in [2.75, 3.05) is 6.61 Å². The number of aliphatic hydroxyl groups is 1. The van der Waals surface area contributed by atoms with E-state index in [4.69, 9.17) is 4.74 Å². The zero-order valence-corrected chi connectivity index (χ0v) is 22.1. The van der Waals surface area contributed by atoms with Crippen LogP contribution in [0, 0.1) is 18.8 Å². The summed E-state index contributed by atoms with van der Waals surface area (Å²) in [6.45, 7) is 3.95. The molecular weight excluding hydrogens is 518 g/mol. The first-order chi connectivity index (χ1) is 16.3. The van der Waals surface area contributed by atoms with Gasteiger partial charge in [0.15, 0.2) is 5.60 Å². The van der Waals surface area contributed by atoms with Crippen molar-refractivity contribution in [3.8, 4) is 0 Å². The van der Waals surface area contributed by atoms with Gasteiger partial charge in [0.25, 0.3) is 5.82 Å². The molecule has 0 saturated heterocycles. The largest absolute Gasteiger partial charge is 1.00 e. The van der Waals surface area contributed by atoms with Crippen LogP contribution in [0.15, 0.2) is 42.7 Å². The maximum Gasteiger partial charge on any atom is 0.343 e. The van der Waals surface area contributed by atoms with E-state index >= 15 is 0 Å². The van der Waals surface area contributed by atoms with Crippen molar-refractivity contribution in [1.82, 2.24) is 4.57 Å². The second-order valence-corrected chi connectivity index (χ2v) is 10.1. The van der Waals surface area contributed by atoms with Crippen molar-refractivity contribution in [2.24, 2.45) is 11.8 Å². The minimum Gasteiger partial charge on any atom is -1.00 e. The Bertz CT molecular complexity index is 963. The third-order valence-corrected chi connectivity index (χ3v) is 7.73. The summed E-state index contributed by atoms with van der Waals surface area (Å²) in [6.07, 6.45) is 10.6. The molecule has 4 rings (SSSR count). The molecule has 1 N–H and O–H groups in total. The first-order valence-corrected chi connectivity index (χ1v) is 12.7. The summed E-state index contributed by atoms with van der Waals surface area (Å²) in [7, 11) is 0. The van der Waals surface area contributed by atoms with Gasteiger partial charge in [-0.2, -0.15) is 0 Å². The molecule has 1 aromatic heterocycles. The molecule has 2 aliphatic carbocycles. The molecule has 2 saturated carbocycles. The third-order valence-electron chi connectivity index (χ3n) is 7.73. The lowest BCUT2D eigenvalue weighted by molar-refractivity contribution is -0.709. The molecule has 2 aromatic rings. The second kappa shape index (κ2) is 12.0. The van der Waals surface area contributed by atoms with Gasteiger partial charge in [-0.15, -0.1) is 0 Å². The van der Waals surface area contributed by atoms with Gasteiger partial charge in [-0.1, -0.05) is 49.6 Å². The Balaban J connectivity index is 0.00000342. The Labute approximate surface area is 217 Å². The molecule has 194 valence electrons. The fraction of sp³-hybridized carbons (Fsp3) is 0.630. The molecule has 0 aliphatic heterocycles. The number of carbonyl (C=O) groups excluding carboxylic acids is 1. The van der Waals surface area contributed by atoms with Crippen LogP contribution in [0.1, 0.15) is 69.2 Å². The number of hydrogen-bond acceptors (Lipinski definition) is 3. The van der Waals surface area contributed by atoms with Crippen LogP contribution in [0.2, 0.25) is 0 Å². The number of hydrogen-bond donors (Lipinski definition) is 1. The zero-order valence-electron chi connectivity index (χ0n) is 20.5. The molecule has 5 nitrogen and oxygen atoms in total. The minimum atomic E-state index is -2.87. The quantitative estimate of drug-likeness (QED) is 0.293. The Morgan fingerprint density at radius 3 is 2.57 bits per heavy atom. The van der Waals surface area contributed by atoms with Crippen LogP contribution in [0.4, 0.5) is 8.78 Å². The fourth-order valence-electron chi connectivity index (χ4n) is 5.65. The third kappa shape index (κ3) is 6.50. The van der Waals surface area contributed by atoms with Gasteiger partial charge in [0, 0.05) is 32.1 Å². The summed E-state index contributed by atoms with van der Waals surface area (Å²) in [6, 6.07) is 8.35. The number of carbonyl (C=O) groups is 1. The van der Waals surface area contributed by atoms with E-state index in [2.05, 4.69) is 28.5 Å². The summed E-state index contributed by atoms with van der Waals surface area (Å²) >= 11 is 0. The number of nitrogens with zero attached hydrogens (tertiary/aromatic N) is 2. The highest BCUT2D eigenvalue weighted by molar-refractivity contribution is 5.81. The minimum absolute atomic E-state index is 0. The van der Waals surface area contributed by atoms with Gasteiger partial charge >= 0.3 is 5.97 Å². The molecular formula is C27H37BrF2N2O3. The van der Waals surface area contributed by atoms with E-state index in [1.165, 1.54) is 37.9 Å². The van der Waals surface area contributed by atoms with Crippen molar-refractivity contribution in [1.29, 1.82) is 0 Å². The lowest BCUT2D eigenvalue weighted by atomic mass is 9.80. The van der Waals surface area contributed by atoms with Gasteiger partial charge in [-0.25, -0.2) is 22.7 Å². The monoisotopic (exact) mass is 554 g/mol. The number of rotatable bonds is 9. The zero-order chi connectivity index (χ0) is 24.2. The number of benzene rings is 1.